The van der Waals surface area contributed by atoms with E-state index in [1.54, 1.807) is 3.88 Å². The van der Waals surface area contributed by atoms with Gasteiger partial charge in [0.1, 0.15) is 0 Å². The topological polar surface area (TPSA) is 29.1 Å². The van der Waals surface area contributed by atoms with Crippen LogP contribution in [0.1, 0.15) is 84.0 Å². The first-order valence-electron chi connectivity index (χ1n) is 10.6. The molecular weight excluding hydrogens is 429 g/mol. The van der Waals surface area contributed by atoms with E-state index in [0.717, 1.165) is 19.3 Å². The first kappa shape index (κ1) is 27.5. The van der Waals surface area contributed by atoms with Crippen LogP contribution in [0.2, 0.25) is 13.1 Å². The standard InChI is InChI=1S/C13H25NO.C6H7.C2H7Si.2ClH.Ti/c14-13(15)12-10-8-6-4-2-1-3-5-7-9-11-12;1-6-4-2-3-5-6;1-3-2;;;/h12H,1-11H2,(H2,14,15);4-5H,2H2,1H3;3H,1-2H3;2*1H;/q;;;;;+3/p-3. The summed E-state index contributed by atoms with van der Waals surface area (Å²) in [6.07, 6.45) is 20.1. The summed E-state index contributed by atoms with van der Waals surface area (Å²) in [5.41, 5.74) is 1.40. The Morgan fingerprint density at radius 2 is 1.44 bits per heavy atom. The summed E-state index contributed by atoms with van der Waals surface area (Å²) < 4.78 is 5.26. The molecule has 0 aromatic carbocycles. The van der Waals surface area contributed by atoms with Crippen molar-refractivity contribution >= 4 is 12.6 Å². The molecule has 0 saturated heterocycles. The van der Waals surface area contributed by atoms with Crippen LogP contribution < -0.4 is 28.6 Å². The molecule has 0 radical (unpaired) electrons. The molecule has 0 aromatic rings. The number of hydrogen-bond donors (Lipinski definition) is 1. The Morgan fingerprint density at radius 3 is 1.85 bits per heavy atom. The molecule has 2 aliphatic rings. The molecule has 2 aliphatic carbocycles. The average Bonchev–Trinajstić information content (AvgIpc) is 2.98. The maximum Gasteiger partial charge on any atom is -1.00 e. The molecule has 155 valence electrons. The zero-order chi connectivity index (χ0) is 18.1. The summed E-state index contributed by atoms with van der Waals surface area (Å²) in [6.45, 7) is 6.27. The van der Waals surface area contributed by atoms with Crippen molar-refractivity contribution in [3.8, 4) is 0 Å². The monoisotopic (exact) mass is 466 g/mol. The van der Waals surface area contributed by atoms with Gasteiger partial charge >= 0.3 is 163 Å². The van der Waals surface area contributed by atoms with E-state index in [9.17, 15) is 4.79 Å². The molecule has 0 spiro atoms. The van der Waals surface area contributed by atoms with Gasteiger partial charge in [0.2, 0.25) is 0 Å². The van der Waals surface area contributed by atoms with E-state index in [1.807, 2.05) is 0 Å². The summed E-state index contributed by atoms with van der Waals surface area (Å²) in [7, 11) is 0. The smallest absolute Gasteiger partial charge is 1.00 e. The van der Waals surface area contributed by atoms with Crippen LogP contribution in [0.5, 0.6) is 0 Å². The van der Waals surface area contributed by atoms with Gasteiger partial charge in [-0.05, 0) is 0 Å². The molecule has 0 aliphatic heterocycles. The molecule has 0 unspecified atom stereocenters. The Balaban J connectivity index is 0.00000338. The zero-order valence-electron chi connectivity index (χ0n) is 17.5. The molecule has 1 fully saturated rings. The van der Waals surface area contributed by atoms with E-state index >= 15 is 0 Å². The molecule has 2 nitrogen and oxygen atoms in total. The molecule has 27 heavy (non-hydrogen) atoms. The van der Waals surface area contributed by atoms with Crippen LogP contribution in [0.4, 0.5) is 0 Å². The van der Waals surface area contributed by atoms with Crippen LogP contribution in [0.25, 0.3) is 0 Å². The van der Waals surface area contributed by atoms with Gasteiger partial charge in [-0.2, -0.15) is 0 Å². The second kappa shape index (κ2) is 15.3. The van der Waals surface area contributed by atoms with Gasteiger partial charge in [-0.15, -0.1) is 0 Å². The van der Waals surface area contributed by atoms with Gasteiger partial charge in [0.05, 0.1) is 0 Å². The second-order valence-electron chi connectivity index (χ2n) is 8.34. The molecule has 1 saturated carbocycles. The van der Waals surface area contributed by atoms with Crippen molar-refractivity contribution in [2.75, 3.05) is 0 Å². The van der Waals surface area contributed by atoms with Crippen LogP contribution in [0.15, 0.2) is 21.6 Å². The minimum Gasteiger partial charge on any atom is -1.00 e. The number of halogens is 2. The first-order chi connectivity index (χ1) is 12.1. The Morgan fingerprint density at radius 1 is 0.963 bits per heavy atom. The third-order valence-corrected chi connectivity index (χ3v) is 16.8. The van der Waals surface area contributed by atoms with E-state index in [2.05, 4.69) is 36.0 Å². The van der Waals surface area contributed by atoms with Gasteiger partial charge < -0.3 is 24.8 Å². The molecule has 0 bridgehead atoms. The molecule has 0 aromatic heterocycles. The van der Waals surface area contributed by atoms with Crippen molar-refractivity contribution in [2.45, 2.75) is 97.1 Å². The number of nitrogens with one attached hydrogen (secondary N) is 1. The van der Waals surface area contributed by atoms with Crippen LogP contribution in [0, 0.1) is 5.92 Å². The Bertz CT molecular complexity index is 485. The molecular formula is C21H38Cl2NOSiTi. The molecule has 0 atom stereocenters. The van der Waals surface area contributed by atoms with Crippen molar-refractivity contribution < 1.29 is 47.0 Å². The maximum atomic E-state index is 13.1. The van der Waals surface area contributed by atoms with E-state index in [4.69, 9.17) is 0 Å². The summed E-state index contributed by atoms with van der Waals surface area (Å²) in [6, 6.07) is 0. The fourth-order valence-corrected chi connectivity index (χ4v) is 13.5. The Hall–Kier alpha value is 0.461. The average molecular weight is 467 g/mol. The van der Waals surface area contributed by atoms with E-state index in [1.165, 1.54) is 63.4 Å². The van der Waals surface area contributed by atoms with Gasteiger partial charge in [0.15, 0.2) is 0 Å². The van der Waals surface area contributed by atoms with Crippen molar-refractivity contribution in [1.29, 1.82) is 0 Å². The molecule has 0 heterocycles. The van der Waals surface area contributed by atoms with Crippen LogP contribution in [-0.4, -0.2) is 12.6 Å². The summed E-state index contributed by atoms with van der Waals surface area (Å²) in [4.78, 5) is 13.1. The minimum atomic E-state index is -1.56. The fourth-order valence-electron chi connectivity index (χ4n) is 4.11. The number of carbonyl (C=O) groups excluding carboxylic acids is 1. The van der Waals surface area contributed by atoms with Crippen LogP contribution in [-0.2, 0) is 22.2 Å². The molecule has 2 rings (SSSR count). The fraction of sp³-hybridized carbons (Fsp3) is 0.762. The SMILES string of the molecule is CC1=CC[C]([Ti+2]([NH]C(=O)C2CCCCCCCCCCC2)[SiH](C)C)=C1.[Cl-].[Cl-]. The molecule has 1 N–H and O–H groups in total. The van der Waals surface area contributed by atoms with Crippen molar-refractivity contribution in [3.63, 3.8) is 0 Å². The summed E-state index contributed by atoms with van der Waals surface area (Å²) >= 11 is -1.56. The summed E-state index contributed by atoms with van der Waals surface area (Å²) in [5.74, 6) is 0.699. The third kappa shape index (κ3) is 10.2. The summed E-state index contributed by atoms with van der Waals surface area (Å²) in [5, 5.41) is 0. The van der Waals surface area contributed by atoms with Gasteiger partial charge in [0.25, 0.3) is 0 Å². The second-order valence-corrected chi connectivity index (χ2v) is 21.1. The van der Waals surface area contributed by atoms with E-state index in [0.29, 0.717) is 5.91 Å². The predicted octanol–water partition coefficient (Wildman–Crippen LogP) is -0.218. The minimum absolute atomic E-state index is 0. The van der Waals surface area contributed by atoms with Crippen LogP contribution in [0.3, 0.4) is 0 Å². The van der Waals surface area contributed by atoms with E-state index in [-0.39, 0.29) is 30.7 Å². The number of carbonyl (C=O) groups is 1. The quantitative estimate of drug-likeness (QED) is 0.570. The number of amides is 1. The maximum absolute atomic E-state index is 13.1. The van der Waals surface area contributed by atoms with Crippen molar-refractivity contribution in [2.24, 2.45) is 5.92 Å². The largest absolute Gasteiger partial charge is 1.00 e. The normalized spacial score (nSPS) is 19.6. The van der Waals surface area contributed by atoms with Crippen molar-refractivity contribution in [3.05, 3.63) is 21.6 Å². The zero-order valence-corrected chi connectivity index (χ0v) is 21.7. The van der Waals surface area contributed by atoms with Gasteiger partial charge in [0, 0.05) is 0 Å². The number of hydrogen-bond acceptors (Lipinski definition) is 1. The Kier molecular flexibility index (Phi) is 15.6. The first-order valence-corrected chi connectivity index (χ1v) is 17.8. The van der Waals surface area contributed by atoms with Gasteiger partial charge in [-0.3, -0.25) is 0 Å². The van der Waals surface area contributed by atoms with Crippen LogP contribution >= 0.6 is 0 Å². The molecule has 6 heteroatoms. The van der Waals surface area contributed by atoms with Crippen molar-refractivity contribution in [1.82, 2.24) is 3.80 Å². The molecule has 1 amide bonds. The van der Waals surface area contributed by atoms with Gasteiger partial charge in [-0.25, -0.2) is 0 Å². The Labute approximate surface area is 187 Å². The third-order valence-electron chi connectivity index (χ3n) is 5.70. The van der Waals surface area contributed by atoms with E-state index < -0.39 is 24.0 Å². The number of rotatable bonds is 4. The predicted molar refractivity (Wildman–Crippen MR) is 108 cm³/mol. The van der Waals surface area contributed by atoms with Gasteiger partial charge in [-0.1, -0.05) is 0 Å². The number of allylic oxidation sites excluding steroid dienone is 4.